The Bertz CT molecular complexity index is 349. The van der Waals surface area contributed by atoms with Gasteiger partial charge in [0.25, 0.3) is 0 Å². The second-order valence-corrected chi connectivity index (χ2v) is 4.86. The van der Waals surface area contributed by atoms with Crippen LogP contribution in [0.5, 0.6) is 5.88 Å². The highest BCUT2D eigenvalue weighted by Gasteiger charge is 2.14. The maximum absolute atomic E-state index is 5.95. The molecule has 1 fully saturated rings. The zero-order valence-corrected chi connectivity index (χ0v) is 11.2. The lowest BCUT2D eigenvalue weighted by atomic mass is 10.1. The Labute approximate surface area is 109 Å². The molecule has 100 valence electrons. The Morgan fingerprint density at radius 3 is 2.72 bits per heavy atom. The van der Waals surface area contributed by atoms with E-state index in [2.05, 4.69) is 22.2 Å². The van der Waals surface area contributed by atoms with Gasteiger partial charge in [-0.15, -0.1) is 0 Å². The van der Waals surface area contributed by atoms with Gasteiger partial charge in [0.05, 0.1) is 11.9 Å². The van der Waals surface area contributed by atoms with Crippen LogP contribution in [0.1, 0.15) is 51.1 Å². The van der Waals surface area contributed by atoms with Crippen molar-refractivity contribution in [3.8, 4) is 5.88 Å². The van der Waals surface area contributed by atoms with E-state index in [4.69, 9.17) is 4.74 Å². The first-order chi connectivity index (χ1) is 8.88. The molecule has 0 spiro atoms. The summed E-state index contributed by atoms with van der Waals surface area (Å²) in [5, 5.41) is 3.25. The normalized spacial score (nSPS) is 17.4. The Morgan fingerprint density at radius 1 is 1.22 bits per heavy atom. The molecule has 4 nitrogen and oxygen atoms in total. The standard InChI is InChI=1S/C14H23N3O/c1-2-15-9-12-10-16-11-14(17-12)18-13-7-5-3-4-6-8-13/h10-11,13,15H,2-9H2,1H3. The molecule has 1 aliphatic rings. The highest BCUT2D eigenvalue weighted by atomic mass is 16.5. The minimum absolute atomic E-state index is 0.330. The summed E-state index contributed by atoms with van der Waals surface area (Å²) in [5.41, 5.74) is 0.947. The molecule has 0 saturated heterocycles. The third-order valence-corrected chi connectivity index (χ3v) is 3.31. The van der Waals surface area contributed by atoms with Gasteiger partial charge in [0.1, 0.15) is 6.10 Å². The van der Waals surface area contributed by atoms with Crippen molar-refractivity contribution in [2.45, 2.75) is 58.1 Å². The molecule has 2 rings (SSSR count). The van der Waals surface area contributed by atoms with Crippen LogP contribution in [0.15, 0.2) is 12.4 Å². The van der Waals surface area contributed by atoms with E-state index in [0.717, 1.165) is 31.6 Å². The van der Waals surface area contributed by atoms with Crippen molar-refractivity contribution in [2.75, 3.05) is 6.54 Å². The summed E-state index contributed by atoms with van der Waals surface area (Å²) in [6.07, 6.45) is 11.4. The SMILES string of the molecule is CCNCc1cncc(OC2CCCCCC2)n1. The number of nitrogens with zero attached hydrogens (tertiary/aromatic N) is 2. The zero-order chi connectivity index (χ0) is 12.6. The summed E-state index contributed by atoms with van der Waals surface area (Å²) in [6, 6.07) is 0. The Hall–Kier alpha value is -1.16. The van der Waals surface area contributed by atoms with Crippen LogP contribution in [0.4, 0.5) is 0 Å². The van der Waals surface area contributed by atoms with Crippen LogP contribution < -0.4 is 10.1 Å². The van der Waals surface area contributed by atoms with Crippen molar-refractivity contribution >= 4 is 0 Å². The summed E-state index contributed by atoms with van der Waals surface area (Å²) in [4.78, 5) is 8.69. The molecule has 1 aliphatic carbocycles. The Balaban J connectivity index is 1.91. The number of rotatable bonds is 5. The van der Waals surface area contributed by atoms with Crippen LogP contribution in [0, 0.1) is 0 Å². The third kappa shape index (κ3) is 4.26. The number of hydrogen-bond acceptors (Lipinski definition) is 4. The zero-order valence-electron chi connectivity index (χ0n) is 11.2. The molecule has 0 radical (unpaired) electrons. The van der Waals surface area contributed by atoms with Crippen molar-refractivity contribution in [1.82, 2.24) is 15.3 Å². The summed E-state index contributed by atoms with van der Waals surface area (Å²) >= 11 is 0. The van der Waals surface area contributed by atoms with E-state index in [-0.39, 0.29) is 0 Å². The predicted octanol–water partition coefficient (Wildman–Crippen LogP) is 2.69. The lowest BCUT2D eigenvalue weighted by Crippen LogP contribution is -2.17. The van der Waals surface area contributed by atoms with E-state index in [0.29, 0.717) is 12.0 Å². The van der Waals surface area contributed by atoms with Gasteiger partial charge in [0.15, 0.2) is 0 Å². The molecule has 1 aromatic heterocycles. The topological polar surface area (TPSA) is 47.0 Å². The minimum Gasteiger partial charge on any atom is -0.473 e. The van der Waals surface area contributed by atoms with E-state index in [1.807, 2.05) is 0 Å². The van der Waals surface area contributed by atoms with Gasteiger partial charge in [-0.05, 0) is 32.2 Å². The van der Waals surface area contributed by atoms with Crippen molar-refractivity contribution in [2.24, 2.45) is 0 Å². The van der Waals surface area contributed by atoms with Gasteiger partial charge >= 0.3 is 0 Å². The van der Waals surface area contributed by atoms with E-state index >= 15 is 0 Å². The second kappa shape index (κ2) is 7.31. The van der Waals surface area contributed by atoms with Crippen molar-refractivity contribution < 1.29 is 4.74 Å². The molecular weight excluding hydrogens is 226 g/mol. The van der Waals surface area contributed by atoms with Gasteiger partial charge in [0, 0.05) is 12.7 Å². The monoisotopic (exact) mass is 249 g/mol. The third-order valence-electron chi connectivity index (χ3n) is 3.31. The van der Waals surface area contributed by atoms with Gasteiger partial charge in [-0.2, -0.15) is 0 Å². The smallest absolute Gasteiger partial charge is 0.232 e. The fourth-order valence-electron chi connectivity index (χ4n) is 2.31. The molecule has 0 aliphatic heterocycles. The maximum atomic E-state index is 5.95. The van der Waals surface area contributed by atoms with Crippen LogP contribution in [-0.2, 0) is 6.54 Å². The highest BCUT2D eigenvalue weighted by Crippen LogP contribution is 2.21. The Kier molecular flexibility index (Phi) is 5.39. The molecule has 1 saturated carbocycles. The molecule has 4 heteroatoms. The molecule has 0 amide bonds. The molecule has 0 aromatic carbocycles. The molecule has 1 N–H and O–H groups in total. The van der Waals surface area contributed by atoms with Crippen LogP contribution in [-0.4, -0.2) is 22.6 Å². The molecule has 0 bridgehead atoms. The average Bonchev–Trinajstić information content (AvgIpc) is 2.65. The molecule has 18 heavy (non-hydrogen) atoms. The largest absolute Gasteiger partial charge is 0.473 e. The predicted molar refractivity (Wildman–Crippen MR) is 71.5 cm³/mol. The van der Waals surface area contributed by atoms with E-state index in [1.54, 1.807) is 12.4 Å². The summed E-state index contributed by atoms with van der Waals surface area (Å²) < 4.78 is 5.95. The number of nitrogens with one attached hydrogen (secondary N) is 1. The van der Waals surface area contributed by atoms with Crippen molar-refractivity contribution in [3.63, 3.8) is 0 Å². The van der Waals surface area contributed by atoms with Crippen molar-refractivity contribution in [3.05, 3.63) is 18.1 Å². The molecule has 1 heterocycles. The van der Waals surface area contributed by atoms with Gasteiger partial charge in [-0.3, -0.25) is 4.98 Å². The summed E-state index contributed by atoms with van der Waals surface area (Å²) in [5.74, 6) is 0.678. The Morgan fingerprint density at radius 2 is 2.00 bits per heavy atom. The second-order valence-electron chi connectivity index (χ2n) is 4.86. The van der Waals surface area contributed by atoms with E-state index in [9.17, 15) is 0 Å². The van der Waals surface area contributed by atoms with Gasteiger partial charge in [-0.1, -0.05) is 19.8 Å². The lowest BCUT2D eigenvalue weighted by molar-refractivity contribution is 0.175. The van der Waals surface area contributed by atoms with Crippen LogP contribution in [0.25, 0.3) is 0 Å². The first kappa shape index (κ1) is 13.3. The minimum atomic E-state index is 0.330. The highest BCUT2D eigenvalue weighted by molar-refractivity contribution is 5.08. The first-order valence-corrected chi connectivity index (χ1v) is 7.07. The van der Waals surface area contributed by atoms with E-state index in [1.165, 1.54) is 25.7 Å². The first-order valence-electron chi connectivity index (χ1n) is 7.07. The maximum Gasteiger partial charge on any atom is 0.232 e. The molecule has 0 unspecified atom stereocenters. The average molecular weight is 249 g/mol. The van der Waals surface area contributed by atoms with Gasteiger partial charge < -0.3 is 10.1 Å². The quantitative estimate of drug-likeness (QED) is 0.815. The summed E-state index contributed by atoms with van der Waals surface area (Å²) in [7, 11) is 0. The van der Waals surface area contributed by atoms with Crippen molar-refractivity contribution in [1.29, 1.82) is 0 Å². The molecule has 0 atom stereocenters. The number of hydrogen-bond donors (Lipinski definition) is 1. The molecular formula is C14H23N3O. The van der Waals surface area contributed by atoms with E-state index < -0.39 is 0 Å². The number of aromatic nitrogens is 2. The fraction of sp³-hybridized carbons (Fsp3) is 0.714. The van der Waals surface area contributed by atoms with Crippen LogP contribution >= 0.6 is 0 Å². The summed E-state index contributed by atoms with van der Waals surface area (Å²) in [6.45, 7) is 3.78. The van der Waals surface area contributed by atoms with Gasteiger partial charge in [0.2, 0.25) is 5.88 Å². The van der Waals surface area contributed by atoms with Crippen LogP contribution in [0.2, 0.25) is 0 Å². The van der Waals surface area contributed by atoms with Gasteiger partial charge in [-0.25, -0.2) is 4.98 Å². The molecule has 1 aromatic rings. The van der Waals surface area contributed by atoms with Crippen LogP contribution in [0.3, 0.4) is 0 Å². The fourth-order valence-corrected chi connectivity index (χ4v) is 2.31. The lowest BCUT2D eigenvalue weighted by Gasteiger charge is -2.16. The number of ether oxygens (including phenoxy) is 1.